The van der Waals surface area contributed by atoms with Crippen LogP contribution in [0.1, 0.15) is 47.6 Å². The second-order valence-corrected chi connectivity index (χ2v) is 5.01. The van der Waals surface area contributed by atoms with Crippen molar-refractivity contribution < 1.29 is 9.53 Å². The number of carbonyl (C=O) groups is 1. The molecule has 1 aliphatic heterocycles. The van der Waals surface area contributed by atoms with Crippen LogP contribution in [0, 0.1) is 0 Å². The number of carbonyl (C=O) groups excluding carboxylic acids is 1. The Balaban J connectivity index is 1.75. The van der Waals surface area contributed by atoms with Gasteiger partial charge in [0.05, 0.1) is 12.6 Å². The van der Waals surface area contributed by atoms with Crippen molar-refractivity contribution in [3.05, 3.63) is 35.2 Å². The van der Waals surface area contributed by atoms with Gasteiger partial charge in [-0.2, -0.15) is 5.21 Å². The third-order valence-electron chi connectivity index (χ3n) is 3.51. The smallest absolute Gasteiger partial charge is 0.251 e. The minimum absolute atomic E-state index is 0.132. The van der Waals surface area contributed by atoms with Crippen LogP contribution in [0.25, 0.3) is 0 Å². The Hall–Kier alpha value is -2.44. The zero-order chi connectivity index (χ0) is 14.7. The van der Waals surface area contributed by atoms with Crippen LogP contribution < -0.4 is 10.1 Å². The zero-order valence-corrected chi connectivity index (χ0v) is 11.8. The number of rotatable bonds is 5. The first-order chi connectivity index (χ1) is 10.3. The normalized spacial score (nSPS) is 14.3. The molecule has 1 aromatic heterocycles. The first kappa shape index (κ1) is 13.5. The monoisotopic (exact) mass is 287 g/mol. The number of H-pyrrole nitrogens is 1. The van der Waals surface area contributed by atoms with E-state index >= 15 is 0 Å². The fraction of sp³-hybridized carbons (Fsp3) is 0.429. The van der Waals surface area contributed by atoms with Crippen LogP contribution in [0.15, 0.2) is 18.2 Å². The average Bonchev–Trinajstić information content (AvgIpc) is 3.17. The predicted molar refractivity (Wildman–Crippen MR) is 74.9 cm³/mol. The van der Waals surface area contributed by atoms with E-state index in [1.165, 1.54) is 0 Å². The standard InChI is InChI=1S/C14H17N5O2/c1-2-3-11(13-16-18-19-17-13)15-14(20)10-4-5-12-9(8-10)6-7-21-12/h4-5,8,11H,2-3,6-7H2,1H3,(H,15,20)(H,16,17,18,19). The Bertz CT molecular complexity index is 626. The summed E-state index contributed by atoms with van der Waals surface area (Å²) in [7, 11) is 0. The number of fused-ring (bicyclic) bond motifs is 1. The molecule has 7 heteroatoms. The van der Waals surface area contributed by atoms with Crippen LogP contribution in [-0.4, -0.2) is 33.1 Å². The average molecular weight is 287 g/mol. The van der Waals surface area contributed by atoms with Crippen molar-refractivity contribution in [3.8, 4) is 5.75 Å². The summed E-state index contributed by atoms with van der Waals surface area (Å²) in [5.41, 5.74) is 1.71. The van der Waals surface area contributed by atoms with Crippen molar-refractivity contribution in [3.63, 3.8) is 0 Å². The molecule has 0 aliphatic carbocycles. The van der Waals surface area contributed by atoms with E-state index in [1.807, 2.05) is 19.1 Å². The second-order valence-electron chi connectivity index (χ2n) is 5.01. The summed E-state index contributed by atoms with van der Waals surface area (Å²) in [4.78, 5) is 12.4. The first-order valence-electron chi connectivity index (χ1n) is 7.08. The van der Waals surface area contributed by atoms with E-state index in [0.717, 1.165) is 30.6 Å². The number of benzene rings is 1. The molecule has 1 aliphatic rings. The van der Waals surface area contributed by atoms with Gasteiger partial charge in [0, 0.05) is 12.0 Å². The van der Waals surface area contributed by atoms with Gasteiger partial charge in [-0.05, 0) is 30.2 Å². The van der Waals surface area contributed by atoms with Crippen molar-refractivity contribution in [2.75, 3.05) is 6.61 Å². The van der Waals surface area contributed by atoms with Crippen molar-refractivity contribution in [2.45, 2.75) is 32.2 Å². The summed E-state index contributed by atoms with van der Waals surface area (Å²) >= 11 is 0. The molecule has 7 nitrogen and oxygen atoms in total. The van der Waals surface area contributed by atoms with Crippen molar-refractivity contribution in [2.24, 2.45) is 0 Å². The molecule has 0 saturated carbocycles. The summed E-state index contributed by atoms with van der Waals surface area (Å²) in [6.07, 6.45) is 2.52. The summed E-state index contributed by atoms with van der Waals surface area (Å²) < 4.78 is 5.45. The fourth-order valence-corrected chi connectivity index (χ4v) is 2.44. The highest BCUT2D eigenvalue weighted by Gasteiger charge is 2.20. The van der Waals surface area contributed by atoms with Gasteiger partial charge in [-0.3, -0.25) is 4.79 Å². The molecule has 0 fully saturated rings. The molecule has 1 unspecified atom stereocenters. The van der Waals surface area contributed by atoms with E-state index in [2.05, 4.69) is 25.9 Å². The Morgan fingerprint density at radius 2 is 2.43 bits per heavy atom. The maximum atomic E-state index is 12.4. The van der Waals surface area contributed by atoms with Crippen LogP contribution in [0.5, 0.6) is 5.75 Å². The lowest BCUT2D eigenvalue weighted by molar-refractivity contribution is 0.0932. The number of hydrogen-bond acceptors (Lipinski definition) is 5. The molecule has 1 amide bonds. The van der Waals surface area contributed by atoms with E-state index < -0.39 is 0 Å². The number of aromatic amines is 1. The molecule has 1 aromatic carbocycles. The first-order valence-corrected chi connectivity index (χ1v) is 7.08. The summed E-state index contributed by atoms with van der Waals surface area (Å²) in [5, 5.41) is 16.8. The van der Waals surface area contributed by atoms with Crippen LogP contribution in [-0.2, 0) is 6.42 Å². The maximum absolute atomic E-state index is 12.4. The largest absolute Gasteiger partial charge is 0.493 e. The molecule has 21 heavy (non-hydrogen) atoms. The highest BCUT2D eigenvalue weighted by Crippen LogP contribution is 2.26. The molecule has 2 N–H and O–H groups in total. The molecule has 2 aromatic rings. The number of hydrogen-bond donors (Lipinski definition) is 2. The highest BCUT2D eigenvalue weighted by molar-refractivity contribution is 5.94. The molecule has 0 bridgehead atoms. The molecule has 110 valence electrons. The van der Waals surface area contributed by atoms with E-state index in [4.69, 9.17) is 4.74 Å². The van der Waals surface area contributed by atoms with Gasteiger partial charge >= 0.3 is 0 Å². The number of aromatic nitrogens is 4. The van der Waals surface area contributed by atoms with Gasteiger partial charge in [-0.25, -0.2) is 0 Å². The molecule has 0 saturated heterocycles. The van der Waals surface area contributed by atoms with Crippen molar-refractivity contribution in [1.82, 2.24) is 25.9 Å². The fourth-order valence-electron chi connectivity index (χ4n) is 2.44. The van der Waals surface area contributed by atoms with Crippen LogP contribution in [0.4, 0.5) is 0 Å². The van der Waals surface area contributed by atoms with Gasteiger partial charge in [0.1, 0.15) is 5.75 Å². The molecular weight excluding hydrogens is 270 g/mol. The number of amides is 1. The maximum Gasteiger partial charge on any atom is 0.251 e. The molecule has 1 atom stereocenters. The lowest BCUT2D eigenvalue weighted by atomic mass is 10.1. The summed E-state index contributed by atoms with van der Waals surface area (Å²) in [6.45, 7) is 2.73. The third-order valence-corrected chi connectivity index (χ3v) is 3.51. The van der Waals surface area contributed by atoms with Gasteiger partial charge in [-0.15, -0.1) is 10.2 Å². The summed E-state index contributed by atoms with van der Waals surface area (Å²) in [5.74, 6) is 1.25. The molecule has 2 heterocycles. The predicted octanol–water partition coefficient (Wildman–Crippen LogP) is 1.41. The van der Waals surface area contributed by atoms with Crippen LogP contribution in [0.3, 0.4) is 0 Å². The topological polar surface area (TPSA) is 92.8 Å². The summed E-state index contributed by atoms with van der Waals surface area (Å²) in [6, 6.07) is 5.28. The molecular formula is C14H17N5O2. The number of ether oxygens (including phenoxy) is 1. The van der Waals surface area contributed by atoms with Crippen molar-refractivity contribution >= 4 is 5.91 Å². The van der Waals surface area contributed by atoms with Gasteiger partial charge in [0.2, 0.25) is 0 Å². The molecule has 0 radical (unpaired) electrons. The van der Waals surface area contributed by atoms with Gasteiger partial charge in [0.15, 0.2) is 5.82 Å². The Kier molecular flexibility index (Phi) is 3.81. The molecule has 0 spiro atoms. The SMILES string of the molecule is CCCC(NC(=O)c1ccc2c(c1)CCO2)c1nn[nH]n1. The lowest BCUT2D eigenvalue weighted by Crippen LogP contribution is -2.29. The van der Waals surface area contributed by atoms with E-state index in [-0.39, 0.29) is 11.9 Å². The van der Waals surface area contributed by atoms with E-state index in [0.29, 0.717) is 18.0 Å². The quantitative estimate of drug-likeness (QED) is 0.867. The number of nitrogens with one attached hydrogen (secondary N) is 2. The van der Waals surface area contributed by atoms with Crippen LogP contribution in [0.2, 0.25) is 0 Å². The van der Waals surface area contributed by atoms with Crippen LogP contribution >= 0.6 is 0 Å². The highest BCUT2D eigenvalue weighted by atomic mass is 16.5. The Labute approximate surface area is 122 Å². The second kappa shape index (κ2) is 5.90. The van der Waals surface area contributed by atoms with Gasteiger partial charge in [0.25, 0.3) is 5.91 Å². The van der Waals surface area contributed by atoms with Crippen molar-refractivity contribution in [1.29, 1.82) is 0 Å². The van der Waals surface area contributed by atoms with Gasteiger partial charge in [-0.1, -0.05) is 18.6 Å². The van der Waals surface area contributed by atoms with E-state index in [1.54, 1.807) is 6.07 Å². The lowest BCUT2D eigenvalue weighted by Gasteiger charge is -2.14. The number of nitrogens with zero attached hydrogens (tertiary/aromatic N) is 3. The zero-order valence-electron chi connectivity index (χ0n) is 11.8. The Morgan fingerprint density at radius 1 is 1.52 bits per heavy atom. The van der Waals surface area contributed by atoms with Gasteiger partial charge < -0.3 is 10.1 Å². The third kappa shape index (κ3) is 2.86. The Morgan fingerprint density at radius 3 is 3.19 bits per heavy atom. The number of tetrazole rings is 1. The molecule has 3 rings (SSSR count). The minimum atomic E-state index is -0.231. The minimum Gasteiger partial charge on any atom is -0.493 e. The van der Waals surface area contributed by atoms with E-state index in [9.17, 15) is 4.79 Å².